The minimum absolute atomic E-state index is 0.0516. The Balaban J connectivity index is 1.95. The van der Waals surface area contributed by atoms with Crippen LogP contribution in [0.3, 0.4) is 0 Å². The van der Waals surface area contributed by atoms with Gasteiger partial charge in [0.2, 0.25) is 0 Å². The molecule has 1 saturated heterocycles. The van der Waals surface area contributed by atoms with Crippen LogP contribution in [0.1, 0.15) is 43.7 Å². The van der Waals surface area contributed by atoms with Crippen molar-refractivity contribution in [2.75, 3.05) is 18.1 Å². The average Bonchev–Trinajstić information content (AvgIpc) is 3.02. The lowest BCUT2D eigenvalue weighted by Crippen LogP contribution is -2.40. The molecule has 1 aromatic rings. The molecule has 20 heavy (non-hydrogen) atoms. The van der Waals surface area contributed by atoms with Crippen molar-refractivity contribution in [3.63, 3.8) is 0 Å². The Hall–Kier alpha value is -0.730. The number of benzene rings is 1. The first-order valence-corrected chi connectivity index (χ1v) is 9.16. The van der Waals surface area contributed by atoms with E-state index in [2.05, 4.69) is 43.3 Å². The summed E-state index contributed by atoms with van der Waals surface area (Å²) in [5.41, 5.74) is 2.74. The van der Waals surface area contributed by atoms with Crippen molar-refractivity contribution in [1.82, 2.24) is 0 Å². The van der Waals surface area contributed by atoms with E-state index in [0.717, 1.165) is 19.4 Å². The molecule has 2 heteroatoms. The Labute approximate surface area is 126 Å². The summed E-state index contributed by atoms with van der Waals surface area (Å²) in [4.78, 5) is 0. The van der Waals surface area contributed by atoms with Gasteiger partial charge in [0.25, 0.3) is 0 Å². The predicted molar refractivity (Wildman–Crippen MR) is 89.2 cm³/mol. The third-order valence-electron chi connectivity index (χ3n) is 4.64. The van der Waals surface area contributed by atoms with Gasteiger partial charge in [-0.25, -0.2) is 0 Å². The molecule has 0 saturated carbocycles. The van der Waals surface area contributed by atoms with E-state index in [1.165, 1.54) is 35.5 Å². The van der Waals surface area contributed by atoms with Gasteiger partial charge in [-0.1, -0.05) is 49.8 Å². The number of ether oxygens (including phenoxy) is 1. The smallest absolute Gasteiger partial charge is 0.112 e. The summed E-state index contributed by atoms with van der Waals surface area (Å²) in [6.45, 7) is 3.13. The van der Waals surface area contributed by atoms with E-state index in [1.807, 2.05) is 0 Å². The number of unbranched alkanes of at least 4 members (excludes halogenated alkanes) is 1. The Kier molecular flexibility index (Phi) is 4.52. The molecular formula is C18H25OS+. The van der Waals surface area contributed by atoms with Gasteiger partial charge in [-0.05, 0) is 35.7 Å². The summed E-state index contributed by atoms with van der Waals surface area (Å²) in [6, 6.07) is 8.83. The van der Waals surface area contributed by atoms with Crippen LogP contribution in [0.2, 0.25) is 0 Å². The highest BCUT2D eigenvalue weighted by molar-refractivity contribution is 7.78. The molecule has 0 spiro atoms. The molecule has 0 radical (unpaired) electrons. The van der Waals surface area contributed by atoms with E-state index < -0.39 is 0 Å². The first-order chi connectivity index (χ1) is 9.87. The Morgan fingerprint density at radius 1 is 1.35 bits per heavy atom. The maximum absolute atomic E-state index is 6.57. The van der Waals surface area contributed by atoms with Crippen molar-refractivity contribution < 1.29 is 4.74 Å². The highest BCUT2D eigenvalue weighted by atomic mass is 32.2. The summed E-state index contributed by atoms with van der Waals surface area (Å²) in [5.74, 6) is 3.33. The second kappa shape index (κ2) is 6.36. The fourth-order valence-corrected chi connectivity index (χ4v) is 4.97. The lowest BCUT2D eigenvalue weighted by Gasteiger charge is -2.40. The molecule has 0 aromatic heterocycles. The number of rotatable bonds is 5. The topological polar surface area (TPSA) is 9.23 Å². The van der Waals surface area contributed by atoms with Crippen LogP contribution >= 0.6 is 0 Å². The van der Waals surface area contributed by atoms with Crippen LogP contribution < -0.4 is 0 Å². The molecule has 108 valence electrons. The molecule has 1 aliphatic carbocycles. The lowest BCUT2D eigenvalue weighted by molar-refractivity contribution is -0.0871. The zero-order valence-corrected chi connectivity index (χ0v) is 13.2. The van der Waals surface area contributed by atoms with Crippen LogP contribution in [0, 0.1) is 5.92 Å². The van der Waals surface area contributed by atoms with E-state index in [-0.39, 0.29) is 5.60 Å². The van der Waals surface area contributed by atoms with Crippen LogP contribution in [0.25, 0.3) is 6.08 Å². The SMILES string of the molecule is CCCCOC1(C2CC[SH+]C2)CC=Cc2ccccc21. The van der Waals surface area contributed by atoms with Gasteiger partial charge in [-0.3, -0.25) is 0 Å². The zero-order chi connectivity index (χ0) is 13.8. The minimum Gasteiger partial charge on any atom is -0.369 e. The predicted octanol–water partition coefficient (Wildman–Crippen LogP) is 3.95. The lowest BCUT2D eigenvalue weighted by atomic mass is 9.74. The van der Waals surface area contributed by atoms with Gasteiger partial charge in [0.05, 0.1) is 0 Å². The van der Waals surface area contributed by atoms with Crippen molar-refractivity contribution >= 4 is 17.8 Å². The van der Waals surface area contributed by atoms with Crippen LogP contribution in [-0.2, 0) is 22.1 Å². The number of hydrogen-bond acceptors (Lipinski definition) is 1. The molecule has 1 fully saturated rings. The molecule has 0 amide bonds. The normalized spacial score (nSPS) is 28.6. The minimum atomic E-state index is -0.0516. The average molecular weight is 289 g/mol. The van der Waals surface area contributed by atoms with Crippen molar-refractivity contribution in [3.8, 4) is 0 Å². The molecule has 1 heterocycles. The highest BCUT2D eigenvalue weighted by Gasteiger charge is 2.46. The molecule has 1 aliphatic heterocycles. The largest absolute Gasteiger partial charge is 0.369 e. The molecule has 2 aliphatic rings. The Morgan fingerprint density at radius 3 is 3.05 bits per heavy atom. The van der Waals surface area contributed by atoms with Crippen molar-refractivity contribution in [2.45, 2.75) is 38.2 Å². The molecule has 2 unspecified atom stereocenters. The summed E-state index contributed by atoms with van der Waals surface area (Å²) >= 11 is 1.61. The fourth-order valence-electron chi connectivity index (χ4n) is 3.50. The van der Waals surface area contributed by atoms with Gasteiger partial charge in [0.1, 0.15) is 17.1 Å². The summed E-state index contributed by atoms with van der Waals surface area (Å²) < 4.78 is 6.57. The first-order valence-electron chi connectivity index (χ1n) is 7.90. The monoisotopic (exact) mass is 289 g/mol. The second-order valence-corrected chi connectivity index (χ2v) is 7.16. The van der Waals surface area contributed by atoms with E-state index in [4.69, 9.17) is 4.74 Å². The van der Waals surface area contributed by atoms with Crippen molar-refractivity contribution in [2.24, 2.45) is 5.92 Å². The molecule has 0 N–H and O–H groups in total. The Bertz CT molecular complexity index is 476. The van der Waals surface area contributed by atoms with E-state index in [0.29, 0.717) is 5.92 Å². The summed E-state index contributed by atoms with van der Waals surface area (Å²) in [7, 11) is 0. The third kappa shape index (κ3) is 2.56. The number of thiol groups is 1. The quantitative estimate of drug-likeness (QED) is 0.453. The van der Waals surface area contributed by atoms with Crippen LogP contribution in [-0.4, -0.2) is 18.1 Å². The van der Waals surface area contributed by atoms with Crippen LogP contribution in [0.4, 0.5) is 0 Å². The van der Waals surface area contributed by atoms with Crippen molar-refractivity contribution in [1.29, 1.82) is 0 Å². The maximum Gasteiger partial charge on any atom is 0.112 e. The van der Waals surface area contributed by atoms with Gasteiger partial charge in [0, 0.05) is 18.9 Å². The number of hydrogen-bond donors (Lipinski definition) is 0. The zero-order valence-electron chi connectivity index (χ0n) is 12.3. The van der Waals surface area contributed by atoms with Crippen LogP contribution in [0.5, 0.6) is 0 Å². The third-order valence-corrected chi connectivity index (χ3v) is 5.91. The van der Waals surface area contributed by atoms with Gasteiger partial charge in [-0.15, -0.1) is 0 Å². The summed E-state index contributed by atoms with van der Waals surface area (Å²) in [6.07, 6.45) is 9.32. The van der Waals surface area contributed by atoms with Gasteiger partial charge in [0.15, 0.2) is 0 Å². The van der Waals surface area contributed by atoms with E-state index in [9.17, 15) is 0 Å². The first kappa shape index (κ1) is 14.2. The molecular weight excluding hydrogens is 264 g/mol. The van der Waals surface area contributed by atoms with E-state index >= 15 is 0 Å². The summed E-state index contributed by atoms with van der Waals surface area (Å²) in [5, 5.41) is 0. The highest BCUT2D eigenvalue weighted by Crippen LogP contribution is 2.45. The van der Waals surface area contributed by atoms with E-state index in [1.54, 1.807) is 11.8 Å². The molecule has 1 aromatic carbocycles. The fraction of sp³-hybridized carbons (Fsp3) is 0.556. The Morgan fingerprint density at radius 2 is 2.25 bits per heavy atom. The molecule has 1 nitrogen and oxygen atoms in total. The number of fused-ring (bicyclic) bond motifs is 1. The van der Waals surface area contributed by atoms with Gasteiger partial charge >= 0.3 is 0 Å². The molecule has 3 rings (SSSR count). The second-order valence-electron chi connectivity index (χ2n) is 5.90. The standard InChI is InChI=1S/C18H24OS/c1-2-3-12-19-18(16-10-13-20-14-16)11-6-8-15-7-4-5-9-17(15)18/h4-9,16H,2-3,10-14H2,1H3/p+1. The van der Waals surface area contributed by atoms with Gasteiger partial charge in [-0.2, -0.15) is 0 Å². The van der Waals surface area contributed by atoms with Gasteiger partial charge < -0.3 is 4.74 Å². The van der Waals surface area contributed by atoms with Crippen molar-refractivity contribution in [3.05, 3.63) is 41.5 Å². The molecule has 2 atom stereocenters. The van der Waals surface area contributed by atoms with Crippen LogP contribution in [0.15, 0.2) is 30.3 Å². The maximum atomic E-state index is 6.57. The molecule has 0 bridgehead atoms.